The van der Waals surface area contributed by atoms with Gasteiger partial charge in [-0.15, -0.1) is 0 Å². The van der Waals surface area contributed by atoms with Crippen molar-refractivity contribution in [3.63, 3.8) is 0 Å². The van der Waals surface area contributed by atoms with E-state index in [-0.39, 0.29) is 17.4 Å². The van der Waals surface area contributed by atoms with Crippen LogP contribution in [0.3, 0.4) is 0 Å². The molecule has 7 heteroatoms. The van der Waals surface area contributed by atoms with Gasteiger partial charge in [0.15, 0.2) is 17.1 Å². The number of hydrogen-bond donors (Lipinski definition) is 2. The maximum atomic E-state index is 11.8. The monoisotopic (exact) mass is 363 g/mol. The molecule has 6 nitrogen and oxygen atoms in total. The number of aromatic nitrogens is 1. The maximum Gasteiger partial charge on any atom is 0.343 e. The number of aromatic carboxylic acids is 1. The molecule has 2 N–H and O–H groups in total. The minimum Gasteiger partial charge on any atom is -0.477 e. The summed E-state index contributed by atoms with van der Waals surface area (Å²) >= 11 is 5.90. The Labute approximate surface area is 151 Å². The molecular formula is C18H22ClN3O3. The quantitative estimate of drug-likeness (QED) is 0.840. The predicted molar refractivity (Wildman–Crippen MR) is 97.2 cm³/mol. The van der Waals surface area contributed by atoms with Gasteiger partial charge in [-0.3, -0.25) is 0 Å². The van der Waals surface area contributed by atoms with Crippen molar-refractivity contribution < 1.29 is 14.4 Å². The Bertz CT molecular complexity index is 745. The van der Waals surface area contributed by atoms with Gasteiger partial charge in [-0.05, 0) is 50.2 Å². The molecule has 0 bridgehead atoms. The average molecular weight is 364 g/mol. The molecule has 1 saturated heterocycles. The van der Waals surface area contributed by atoms with Gasteiger partial charge in [-0.25, -0.2) is 4.79 Å². The lowest BCUT2D eigenvalue weighted by Gasteiger charge is -2.36. The number of hydrogen-bond acceptors (Lipinski definition) is 5. The highest BCUT2D eigenvalue weighted by Gasteiger charge is 2.30. The molecule has 0 amide bonds. The first-order valence-electron chi connectivity index (χ1n) is 8.43. The molecule has 2 atom stereocenters. The summed E-state index contributed by atoms with van der Waals surface area (Å²) in [5.41, 5.74) is 0.703. The van der Waals surface area contributed by atoms with E-state index in [4.69, 9.17) is 16.1 Å². The van der Waals surface area contributed by atoms with Gasteiger partial charge in [0, 0.05) is 23.2 Å². The number of nitrogens with one attached hydrogen (secondary N) is 1. The molecule has 0 aliphatic carbocycles. The number of nitrogens with zero attached hydrogens (tertiary/aromatic N) is 2. The second-order valence-electron chi connectivity index (χ2n) is 6.52. The summed E-state index contributed by atoms with van der Waals surface area (Å²) in [6, 6.07) is 7.03. The number of benzene rings is 1. The molecule has 134 valence electrons. The lowest BCUT2D eigenvalue weighted by Crippen LogP contribution is -2.44. The summed E-state index contributed by atoms with van der Waals surface area (Å²) in [6.07, 6.45) is 1.96. The van der Waals surface area contributed by atoms with E-state index in [9.17, 15) is 9.90 Å². The highest BCUT2D eigenvalue weighted by molar-refractivity contribution is 6.30. The minimum absolute atomic E-state index is 0.0658. The van der Waals surface area contributed by atoms with Crippen LogP contribution >= 0.6 is 11.6 Å². The van der Waals surface area contributed by atoms with E-state index < -0.39 is 5.97 Å². The summed E-state index contributed by atoms with van der Waals surface area (Å²) in [4.78, 5) is 14.1. The first-order valence-corrected chi connectivity index (χ1v) is 8.81. The Morgan fingerprint density at radius 2 is 2.16 bits per heavy atom. The van der Waals surface area contributed by atoms with Crippen LogP contribution in [0.2, 0.25) is 5.02 Å². The van der Waals surface area contributed by atoms with Crippen molar-refractivity contribution in [3.05, 3.63) is 34.9 Å². The van der Waals surface area contributed by atoms with E-state index >= 15 is 0 Å². The largest absolute Gasteiger partial charge is 0.477 e. The molecule has 1 aliphatic rings. The molecule has 1 aromatic heterocycles. The van der Waals surface area contributed by atoms with E-state index in [0.29, 0.717) is 22.3 Å². The Morgan fingerprint density at radius 3 is 2.80 bits per heavy atom. The molecule has 25 heavy (non-hydrogen) atoms. The third-order valence-electron chi connectivity index (χ3n) is 4.80. The molecule has 0 saturated carbocycles. The third-order valence-corrected chi connectivity index (χ3v) is 5.05. The fourth-order valence-corrected chi connectivity index (χ4v) is 3.50. The van der Waals surface area contributed by atoms with Crippen molar-refractivity contribution in [2.24, 2.45) is 5.92 Å². The van der Waals surface area contributed by atoms with Gasteiger partial charge < -0.3 is 19.8 Å². The third kappa shape index (κ3) is 3.80. The number of anilines is 1. The molecule has 0 spiro atoms. The Balaban J connectivity index is 1.89. The SMILES string of the molecule is CC[C@@H]1CN(C)CC[C@H]1Nc1noc(-c2ccc(Cl)cc2)c1C(=O)O. The molecule has 1 aromatic carbocycles. The maximum absolute atomic E-state index is 11.8. The van der Waals surface area contributed by atoms with Crippen molar-refractivity contribution in [3.8, 4) is 11.3 Å². The smallest absolute Gasteiger partial charge is 0.343 e. The van der Waals surface area contributed by atoms with Gasteiger partial charge in [0.2, 0.25) is 0 Å². The molecule has 0 unspecified atom stereocenters. The van der Waals surface area contributed by atoms with Crippen molar-refractivity contribution >= 4 is 23.4 Å². The fourth-order valence-electron chi connectivity index (χ4n) is 3.38. The molecule has 0 radical (unpaired) electrons. The number of likely N-dealkylation sites (tertiary alicyclic amines) is 1. The van der Waals surface area contributed by atoms with Crippen LogP contribution < -0.4 is 5.32 Å². The lowest BCUT2D eigenvalue weighted by molar-refractivity contribution is 0.0698. The van der Waals surface area contributed by atoms with Crippen LogP contribution in [0.5, 0.6) is 0 Å². The Morgan fingerprint density at radius 1 is 1.44 bits per heavy atom. The normalized spacial score (nSPS) is 21.2. The van der Waals surface area contributed by atoms with Gasteiger partial charge in [0.1, 0.15) is 0 Å². The second-order valence-corrected chi connectivity index (χ2v) is 6.95. The minimum atomic E-state index is -1.06. The average Bonchev–Trinajstić information content (AvgIpc) is 3.01. The van der Waals surface area contributed by atoms with Crippen LogP contribution in [-0.2, 0) is 0 Å². The summed E-state index contributed by atoms with van der Waals surface area (Å²) in [7, 11) is 2.11. The fraction of sp³-hybridized carbons (Fsp3) is 0.444. The van der Waals surface area contributed by atoms with Crippen LogP contribution in [0.1, 0.15) is 30.1 Å². The van der Waals surface area contributed by atoms with Crippen molar-refractivity contribution in [1.82, 2.24) is 10.1 Å². The molecule has 2 aromatic rings. The second kappa shape index (κ2) is 7.45. The zero-order chi connectivity index (χ0) is 18.0. The molecule has 3 rings (SSSR count). The van der Waals surface area contributed by atoms with Crippen molar-refractivity contribution in [2.75, 3.05) is 25.5 Å². The summed E-state index contributed by atoms with van der Waals surface area (Å²) in [6.45, 7) is 4.11. The number of piperidine rings is 1. The molecule has 2 heterocycles. The summed E-state index contributed by atoms with van der Waals surface area (Å²) < 4.78 is 5.37. The first-order chi connectivity index (χ1) is 12.0. The molecule has 1 aliphatic heterocycles. The van der Waals surface area contributed by atoms with Gasteiger partial charge in [-0.2, -0.15) is 0 Å². The first kappa shape index (κ1) is 17.8. The highest BCUT2D eigenvalue weighted by atomic mass is 35.5. The zero-order valence-electron chi connectivity index (χ0n) is 14.3. The van der Waals surface area contributed by atoms with Crippen LogP contribution in [-0.4, -0.2) is 47.3 Å². The zero-order valence-corrected chi connectivity index (χ0v) is 15.1. The van der Waals surface area contributed by atoms with Gasteiger partial charge >= 0.3 is 5.97 Å². The van der Waals surface area contributed by atoms with Crippen LogP contribution in [0.15, 0.2) is 28.8 Å². The van der Waals surface area contributed by atoms with Crippen LogP contribution in [0.25, 0.3) is 11.3 Å². The van der Waals surface area contributed by atoms with Gasteiger partial charge in [0.05, 0.1) is 0 Å². The molecule has 1 fully saturated rings. The summed E-state index contributed by atoms with van der Waals surface area (Å²) in [5.74, 6) is -0.0798. The summed E-state index contributed by atoms with van der Waals surface area (Å²) in [5, 5.41) is 17.6. The topological polar surface area (TPSA) is 78.6 Å². The van der Waals surface area contributed by atoms with Crippen molar-refractivity contribution in [1.29, 1.82) is 0 Å². The van der Waals surface area contributed by atoms with E-state index in [0.717, 1.165) is 25.9 Å². The van der Waals surface area contributed by atoms with E-state index in [1.807, 2.05) is 0 Å². The van der Waals surface area contributed by atoms with E-state index in [1.165, 1.54) is 0 Å². The van der Waals surface area contributed by atoms with Crippen LogP contribution in [0.4, 0.5) is 5.82 Å². The van der Waals surface area contributed by atoms with E-state index in [2.05, 4.69) is 29.3 Å². The number of carboxylic acids is 1. The van der Waals surface area contributed by atoms with Crippen LogP contribution in [0, 0.1) is 5.92 Å². The van der Waals surface area contributed by atoms with E-state index in [1.54, 1.807) is 24.3 Å². The Hall–Kier alpha value is -2.05. The number of rotatable bonds is 5. The number of halogens is 1. The predicted octanol–water partition coefficient (Wildman–Crippen LogP) is 3.84. The number of carbonyl (C=O) groups is 1. The molecular weight excluding hydrogens is 342 g/mol. The number of carboxylic acid groups (broad SMARTS) is 1. The van der Waals surface area contributed by atoms with Gasteiger partial charge in [-0.1, -0.05) is 30.1 Å². The Kier molecular flexibility index (Phi) is 5.30. The standard InChI is InChI=1S/C18H22ClN3O3/c1-3-11-10-22(2)9-8-14(11)20-17-15(18(23)24)16(25-21-17)12-4-6-13(19)7-5-12/h4-7,11,14H,3,8-10H2,1-2H3,(H,20,21)(H,23,24)/t11-,14-/m1/s1. The highest BCUT2D eigenvalue weighted by Crippen LogP contribution is 2.32. The van der Waals surface area contributed by atoms with Crippen molar-refractivity contribution in [2.45, 2.75) is 25.8 Å². The van der Waals surface area contributed by atoms with Gasteiger partial charge in [0.25, 0.3) is 0 Å². The lowest BCUT2D eigenvalue weighted by atomic mass is 9.90.